The third kappa shape index (κ3) is 2.55. The van der Waals surface area contributed by atoms with Gasteiger partial charge in [0, 0.05) is 17.2 Å². The van der Waals surface area contributed by atoms with Crippen molar-refractivity contribution in [1.29, 1.82) is 0 Å². The topological polar surface area (TPSA) is 35.5 Å². The van der Waals surface area contributed by atoms with Crippen LogP contribution in [0.1, 0.15) is 25.0 Å². The maximum atomic E-state index is 12.7. The summed E-state index contributed by atoms with van der Waals surface area (Å²) in [5.41, 5.74) is 1.57. The Morgan fingerprint density at radius 3 is 2.14 bits per heavy atom. The molecular weight excluding hydrogens is 276 g/mol. The molecule has 1 aliphatic heterocycles. The number of hydrogen-bond donors (Lipinski definition) is 0. The van der Waals surface area contributed by atoms with Crippen LogP contribution in [-0.4, -0.2) is 11.9 Å². The van der Waals surface area contributed by atoms with E-state index in [1.807, 2.05) is 74.5 Å². The zero-order valence-corrected chi connectivity index (χ0v) is 12.7. The lowest BCUT2D eigenvalue weighted by atomic mass is 10.0. The molecule has 1 heterocycles. The molecule has 2 aromatic carbocycles. The van der Waals surface area contributed by atoms with Crippen LogP contribution in [0.5, 0.6) is 0 Å². The Morgan fingerprint density at radius 2 is 1.55 bits per heavy atom. The molecule has 2 aromatic rings. The highest BCUT2D eigenvalue weighted by Gasteiger charge is 2.48. The molecule has 0 N–H and O–H groups in total. The van der Waals surface area contributed by atoms with Crippen molar-refractivity contribution in [3.63, 3.8) is 0 Å². The molecular formula is C19H18O3. The summed E-state index contributed by atoms with van der Waals surface area (Å²) >= 11 is 0. The van der Waals surface area contributed by atoms with Gasteiger partial charge in [0.25, 0.3) is 0 Å². The molecule has 0 fully saturated rings. The van der Waals surface area contributed by atoms with E-state index < -0.39 is 5.79 Å². The van der Waals surface area contributed by atoms with Gasteiger partial charge in [-0.25, -0.2) is 0 Å². The van der Waals surface area contributed by atoms with E-state index in [1.165, 1.54) is 6.08 Å². The van der Waals surface area contributed by atoms with Gasteiger partial charge in [0.05, 0.1) is 6.10 Å². The SMILES string of the molecule is CC(C)O[C@]1(c2ccccc2)OC(c2ccccc2)=CC1=O. The number of hydrogen-bond acceptors (Lipinski definition) is 3. The highest BCUT2D eigenvalue weighted by Crippen LogP contribution is 2.40. The zero-order valence-electron chi connectivity index (χ0n) is 12.7. The van der Waals surface area contributed by atoms with Gasteiger partial charge in [-0.2, -0.15) is 0 Å². The molecule has 0 spiro atoms. The van der Waals surface area contributed by atoms with E-state index in [0.29, 0.717) is 11.3 Å². The van der Waals surface area contributed by atoms with E-state index in [-0.39, 0.29) is 11.9 Å². The summed E-state index contributed by atoms with van der Waals surface area (Å²) in [5, 5.41) is 0. The molecule has 3 rings (SSSR count). The molecule has 1 atom stereocenters. The lowest BCUT2D eigenvalue weighted by Gasteiger charge is -2.30. The normalized spacial score (nSPS) is 20.9. The van der Waals surface area contributed by atoms with E-state index in [1.54, 1.807) is 0 Å². The Balaban J connectivity index is 2.01. The summed E-state index contributed by atoms with van der Waals surface area (Å²) in [4.78, 5) is 12.7. The lowest BCUT2D eigenvalue weighted by Crippen LogP contribution is -2.38. The lowest BCUT2D eigenvalue weighted by molar-refractivity contribution is -0.212. The van der Waals surface area contributed by atoms with Gasteiger partial charge in [0.15, 0.2) is 0 Å². The predicted octanol–water partition coefficient (Wildman–Crippen LogP) is 3.90. The summed E-state index contributed by atoms with van der Waals surface area (Å²) in [5.74, 6) is -1.04. The molecule has 0 aliphatic carbocycles. The molecule has 3 heteroatoms. The van der Waals surface area contributed by atoms with Crippen LogP contribution >= 0.6 is 0 Å². The van der Waals surface area contributed by atoms with E-state index in [0.717, 1.165) is 5.56 Å². The largest absolute Gasteiger partial charge is 0.450 e. The van der Waals surface area contributed by atoms with Crippen molar-refractivity contribution in [2.24, 2.45) is 0 Å². The van der Waals surface area contributed by atoms with Crippen molar-refractivity contribution >= 4 is 11.5 Å². The first kappa shape index (κ1) is 14.5. The highest BCUT2D eigenvalue weighted by molar-refractivity contribution is 6.04. The van der Waals surface area contributed by atoms with Gasteiger partial charge in [-0.05, 0) is 13.8 Å². The monoisotopic (exact) mass is 294 g/mol. The second kappa shape index (κ2) is 5.78. The zero-order chi connectivity index (χ0) is 15.6. The molecule has 0 aromatic heterocycles. The van der Waals surface area contributed by atoms with Gasteiger partial charge >= 0.3 is 5.79 Å². The summed E-state index contributed by atoms with van der Waals surface area (Å²) < 4.78 is 12.0. The van der Waals surface area contributed by atoms with Crippen LogP contribution in [0.4, 0.5) is 0 Å². The molecule has 112 valence electrons. The molecule has 0 radical (unpaired) electrons. The first-order valence-electron chi connectivity index (χ1n) is 7.36. The fraction of sp³-hybridized carbons (Fsp3) is 0.211. The fourth-order valence-corrected chi connectivity index (χ4v) is 2.53. The number of benzene rings is 2. The van der Waals surface area contributed by atoms with Crippen molar-refractivity contribution in [2.75, 3.05) is 0 Å². The first-order valence-corrected chi connectivity index (χ1v) is 7.36. The van der Waals surface area contributed by atoms with Gasteiger partial charge in [0.1, 0.15) is 5.76 Å². The number of rotatable bonds is 4. The number of ketones is 1. The smallest absolute Gasteiger partial charge is 0.302 e. The van der Waals surface area contributed by atoms with Crippen LogP contribution in [0, 0.1) is 0 Å². The Labute approximate surface area is 130 Å². The Bertz CT molecular complexity index is 689. The number of carbonyl (C=O) groups excluding carboxylic acids is 1. The molecule has 0 amide bonds. The van der Waals surface area contributed by atoms with E-state index in [2.05, 4.69) is 0 Å². The molecule has 1 aliphatic rings. The summed E-state index contributed by atoms with van der Waals surface area (Å²) in [6.45, 7) is 3.78. The van der Waals surface area contributed by atoms with Crippen LogP contribution in [0.15, 0.2) is 66.7 Å². The van der Waals surface area contributed by atoms with Gasteiger partial charge in [-0.15, -0.1) is 0 Å². The second-order valence-electron chi connectivity index (χ2n) is 5.49. The quantitative estimate of drug-likeness (QED) is 0.857. The summed E-state index contributed by atoms with van der Waals surface area (Å²) in [6.07, 6.45) is 1.37. The minimum Gasteiger partial charge on any atom is -0.450 e. The van der Waals surface area contributed by atoms with Crippen LogP contribution < -0.4 is 0 Å². The van der Waals surface area contributed by atoms with Crippen molar-refractivity contribution in [3.05, 3.63) is 77.9 Å². The van der Waals surface area contributed by atoms with E-state index in [4.69, 9.17) is 9.47 Å². The Hall–Kier alpha value is -2.39. The standard InChI is InChI=1S/C19H18O3/c1-14(2)21-19(16-11-7-4-8-12-16)18(20)13-17(22-19)15-9-5-3-6-10-15/h3-14H,1-2H3/t19-/m1/s1. The van der Waals surface area contributed by atoms with E-state index >= 15 is 0 Å². The van der Waals surface area contributed by atoms with Crippen LogP contribution in [-0.2, 0) is 20.1 Å². The van der Waals surface area contributed by atoms with Gasteiger partial charge in [0.2, 0.25) is 5.78 Å². The predicted molar refractivity (Wildman–Crippen MR) is 84.9 cm³/mol. The van der Waals surface area contributed by atoms with Crippen molar-refractivity contribution in [2.45, 2.75) is 25.7 Å². The third-order valence-corrected chi connectivity index (χ3v) is 3.45. The van der Waals surface area contributed by atoms with Crippen molar-refractivity contribution < 1.29 is 14.3 Å². The van der Waals surface area contributed by atoms with Crippen molar-refractivity contribution in [3.8, 4) is 0 Å². The van der Waals surface area contributed by atoms with Crippen LogP contribution in [0.2, 0.25) is 0 Å². The molecule has 0 bridgehead atoms. The third-order valence-electron chi connectivity index (χ3n) is 3.45. The Kier molecular flexibility index (Phi) is 3.82. The fourth-order valence-electron chi connectivity index (χ4n) is 2.53. The summed E-state index contributed by atoms with van der Waals surface area (Å²) in [7, 11) is 0. The first-order chi connectivity index (χ1) is 10.6. The number of ether oxygens (including phenoxy) is 2. The average molecular weight is 294 g/mol. The molecule has 0 saturated carbocycles. The average Bonchev–Trinajstić information content (AvgIpc) is 2.86. The summed E-state index contributed by atoms with van der Waals surface area (Å²) in [6, 6.07) is 18.9. The van der Waals surface area contributed by atoms with Gasteiger partial charge < -0.3 is 9.47 Å². The second-order valence-corrected chi connectivity index (χ2v) is 5.49. The van der Waals surface area contributed by atoms with E-state index in [9.17, 15) is 4.79 Å². The number of carbonyl (C=O) groups is 1. The maximum Gasteiger partial charge on any atom is 0.302 e. The van der Waals surface area contributed by atoms with Gasteiger partial charge in [-0.1, -0.05) is 60.7 Å². The minimum atomic E-state index is -1.39. The van der Waals surface area contributed by atoms with Gasteiger partial charge in [-0.3, -0.25) is 4.79 Å². The van der Waals surface area contributed by atoms with Crippen LogP contribution in [0.3, 0.4) is 0 Å². The van der Waals surface area contributed by atoms with Crippen molar-refractivity contribution in [1.82, 2.24) is 0 Å². The highest BCUT2D eigenvalue weighted by atomic mass is 16.7. The molecule has 0 saturated heterocycles. The minimum absolute atomic E-state index is 0.146. The van der Waals surface area contributed by atoms with Crippen LogP contribution in [0.25, 0.3) is 5.76 Å². The molecule has 22 heavy (non-hydrogen) atoms. The molecule has 0 unspecified atom stereocenters. The Morgan fingerprint density at radius 1 is 0.955 bits per heavy atom. The maximum absolute atomic E-state index is 12.7. The molecule has 3 nitrogen and oxygen atoms in total.